The summed E-state index contributed by atoms with van der Waals surface area (Å²) in [6, 6.07) is 5.23. The number of benzene rings is 1. The zero-order chi connectivity index (χ0) is 13.7. The fourth-order valence-electron chi connectivity index (χ4n) is 1.68. The second kappa shape index (κ2) is 6.71. The maximum Gasteiger partial charge on any atom is 0.251 e. The molecule has 0 aliphatic rings. The van der Waals surface area contributed by atoms with Gasteiger partial charge in [0.05, 0.1) is 4.99 Å². The van der Waals surface area contributed by atoms with Crippen molar-refractivity contribution in [2.75, 3.05) is 0 Å². The molecule has 1 atom stereocenters. The second-order valence-electron chi connectivity index (χ2n) is 4.27. The average molecular weight is 285 g/mol. The van der Waals surface area contributed by atoms with E-state index in [1.54, 1.807) is 12.1 Å². The number of carbonyl (C=O) groups excluding carboxylic acids is 1. The van der Waals surface area contributed by atoms with Crippen LogP contribution in [0.15, 0.2) is 18.2 Å². The van der Waals surface area contributed by atoms with E-state index in [1.807, 2.05) is 19.9 Å². The van der Waals surface area contributed by atoms with Crippen LogP contribution in [0.3, 0.4) is 0 Å². The van der Waals surface area contributed by atoms with Crippen LogP contribution in [-0.2, 0) is 0 Å². The minimum atomic E-state index is -0.149. The van der Waals surface area contributed by atoms with Crippen molar-refractivity contribution in [2.24, 2.45) is 5.73 Å². The molecule has 3 nitrogen and oxygen atoms in total. The van der Waals surface area contributed by atoms with Gasteiger partial charge in [-0.25, -0.2) is 0 Å². The molecule has 0 aromatic heterocycles. The molecule has 18 heavy (non-hydrogen) atoms. The van der Waals surface area contributed by atoms with Crippen LogP contribution in [0.4, 0.5) is 0 Å². The largest absolute Gasteiger partial charge is 0.393 e. The van der Waals surface area contributed by atoms with E-state index >= 15 is 0 Å². The lowest BCUT2D eigenvalue weighted by Crippen LogP contribution is -2.37. The quantitative estimate of drug-likeness (QED) is 0.818. The SMILES string of the molecule is CCC(CC(N)=S)NC(=O)c1cc(C)cc(Cl)c1. The highest BCUT2D eigenvalue weighted by Crippen LogP contribution is 2.15. The van der Waals surface area contributed by atoms with Crippen molar-refractivity contribution >= 4 is 34.7 Å². The van der Waals surface area contributed by atoms with Crippen LogP contribution >= 0.6 is 23.8 Å². The van der Waals surface area contributed by atoms with E-state index in [0.29, 0.717) is 22.0 Å². The van der Waals surface area contributed by atoms with Crippen LogP contribution in [0.25, 0.3) is 0 Å². The van der Waals surface area contributed by atoms with E-state index in [2.05, 4.69) is 5.32 Å². The number of amides is 1. The fraction of sp³-hybridized carbons (Fsp3) is 0.385. The number of rotatable bonds is 5. The Bertz CT molecular complexity index is 442. The van der Waals surface area contributed by atoms with Gasteiger partial charge in [-0.1, -0.05) is 30.7 Å². The van der Waals surface area contributed by atoms with Gasteiger partial charge in [0.1, 0.15) is 0 Å². The van der Waals surface area contributed by atoms with Crippen LogP contribution in [0.2, 0.25) is 5.02 Å². The molecule has 0 heterocycles. The molecule has 3 N–H and O–H groups in total. The zero-order valence-electron chi connectivity index (χ0n) is 10.5. The molecule has 0 spiro atoms. The summed E-state index contributed by atoms with van der Waals surface area (Å²) in [5.74, 6) is -0.149. The first kappa shape index (κ1) is 14.9. The molecule has 0 saturated carbocycles. The molecule has 1 aromatic carbocycles. The summed E-state index contributed by atoms with van der Waals surface area (Å²) < 4.78 is 0. The van der Waals surface area contributed by atoms with Crippen molar-refractivity contribution in [1.82, 2.24) is 5.32 Å². The molecule has 0 aliphatic carbocycles. The summed E-state index contributed by atoms with van der Waals surface area (Å²) in [6.07, 6.45) is 1.29. The zero-order valence-corrected chi connectivity index (χ0v) is 12.1. The predicted octanol–water partition coefficient (Wildman–Crippen LogP) is 2.83. The van der Waals surface area contributed by atoms with Gasteiger partial charge in [0, 0.05) is 23.0 Å². The minimum Gasteiger partial charge on any atom is -0.393 e. The Labute approximate surface area is 118 Å². The third-order valence-electron chi connectivity index (χ3n) is 2.58. The molecule has 0 fully saturated rings. The summed E-state index contributed by atoms with van der Waals surface area (Å²) in [5, 5.41) is 3.46. The van der Waals surface area contributed by atoms with Crippen LogP contribution in [0.1, 0.15) is 35.7 Å². The maximum absolute atomic E-state index is 12.0. The Morgan fingerprint density at radius 2 is 2.17 bits per heavy atom. The van der Waals surface area contributed by atoms with Gasteiger partial charge in [0.25, 0.3) is 5.91 Å². The smallest absolute Gasteiger partial charge is 0.251 e. The highest BCUT2D eigenvalue weighted by Gasteiger charge is 2.13. The monoisotopic (exact) mass is 284 g/mol. The van der Waals surface area contributed by atoms with E-state index in [1.165, 1.54) is 0 Å². The molecule has 0 radical (unpaired) electrons. The molecule has 1 amide bonds. The van der Waals surface area contributed by atoms with Gasteiger partial charge in [0.15, 0.2) is 0 Å². The normalized spacial score (nSPS) is 11.9. The first-order valence-corrected chi connectivity index (χ1v) is 6.57. The lowest BCUT2D eigenvalue weighted by molar-refractivity contribution is 0.0937. The average Bonchev–Trinajstić information content (AvgIpc) is 2.26. The van der Waals surface area contributed by atoms with Crippen molar-refractivity contribution in [1.29, 1.82) is 0 Å². The van der Waals surface area contributed by atoms with E-state index in [4.69, 9.17) is 29.6 Å². The predicted molar refractivity (Wildman–Crippen MR) is 79.1 cm³/mol. The van der Waals surface area contributed by atoms with E-state index in [-0.39, 0.29) is 11.9 Å². The number of carbonyl (C=O) groups is 1. The number of aryl methyl sites for hydroxylation is 1. The van der Waals surface area contributed by atoms with Crippen molar-refractivity contribution in [3.63, 3.8) is 0 Å². The van der Waals surface area contributed by atoms with E-state index in [0.717, 1.165) is 12.0 Å². The maximum atomic E-state index is 12.0. The van der Waals surface area contributed by atoms with Gasteiger partial charge in [-0.05, 0) is 37.1 Å². The van der Waals surface area contributed by atoms with E-state index < -0.39 is 0 Å². The molecular weight excluding hydrogens is 268 g/mol. The summed E-state index contributed by atoms with van der Waals surface area (Å²) in [6.45, 7) is 3.88. The topological polar surface area (TPSA) is 55.1 Å². The summed E-state index contributed by atoms with van der Waals surface area (Å²) in [5.41, 5.74) is 7.00. The number of hydrogen-bond acceptors (Lipinski definition) is 2. The molecule has 0 aliphatic heterocycles. The van der Waals surface area contributed by atoms with Gasteiger partial charge >= 0.3 is 0 Å². The second-order valence-corrected chi connectivity index (χ2v) is 5.23. The van der Waals surface area contributed by atoms with Gasteiger partial charge in [-0.3, -0.25) is 4.79 Å². The van der Waals surface area contributed by atoms with Crippen molar-refractivity contribution in [3.8, 4) is 0 Å². The minimum absolute atomic E-state index is 0.0331. The summed E-state index contributed by atoms with van der Waals surface area (Å²) in [4.78, 5) is 12.5. The van der Waals surface area contributed by atoms with Crippen molar-refractivity contribution in [2.45, 2.75) is 32.7 Å². The first-order chi connectivity index (χ1) is 8.42. The number of nitrogens with two attached hydrogens (primary N) is 1. The highest BCUT2D eigenvalue weighted by atomic mass is 35.5. The molecule has 0 saturated heterocycles. The van der Waals surface area contributed by atoms with Crippen molar-refractivity contribution in [3.05, 3.63) is 34.3 Å². The van der Waals surface area contributed by atoms with E-state index in [9.17, 15) is 4.79 Å². The Morgan fingerprint density at radius 3 is 2.67 bits per heavy atom. The Kier molecular flexibility index (Phi) is 5.56. The number of thiocarbonyl (C=S) groups is 1. The summed E-state index contributed by atoms with van der Waals surface area (Å²) >= 11 is 10.8. The molecule has 0 bridgehead atoms. The van der Waals surface area contributed by atoms with Crippen LogP contribution in [0, 0.1) is 6.92 Å². The van der Waals surface area contributed by atoms with Crippen LogP contribution in [0.5, 0.6) is 0 Å². The van der Waals surface area contributed by atoms with Crippen LogP contribution in [-0.4, -0.2) is 16.9 Å². The fourth-order valence-corrected chi connectivity index (χ4v) is 2.17. The molecule has 1 aromatic rings. The molecule has 1 unspecified atom stereocenters. The third kappa shape index (κ3) is 4.63. The lowest BCUT2D eigenvalue weighted by Gasteiger charge is -2.16. The van der Waals surface area contributed by atoms with Crippen molar-refractivity contribution < 1.29 is 4.79 Å². The van der Waals surface area contributed by atoms with Gasteiger partial charge in [-0.2, -0.15) is 0 Å². The molecular formula is C13H17ClN2OS. The highest BCUT2D eigenvalue weighted by molar-refractivity contribution is 7.80. The van der Waals surface area contributed by atoms with Crippen LogP contribution < -0.4 is 11.1 Å². The summed E-state index contributed by atoms with van der Waals surface area (Å²) in [7, 11) is 0. The standard InChI is InChI=1S/C13H17ClN2OS/c1-3-11(7-12(15)18)16-13(17)9-4-8(2)5-10(14)6-9/h4-6,11H,3,7H2,1-2H3,(H2,15,18)(H,16,17). The molecule has 5 heteroatoms. The Morgan fingerprint density at radius 1 is 1.50 bits per heavy atom. The Hall–Kier alpha value is -1.13. The van der Waals surface area contributed by atoms with Gasteiger partial charge < -0.3 is 11.1 Å². The van der Waals surface area contributed by atoms with Gasteiger partial charge in [-0.15, -0.1) is 0 Å². The number of halogens is 1. The third-order valence-corrected chi connectivity index (χ3v) is 2.96. The van der Waals surface area contributed by atoms with Gasteiger partial charge in [0.2, 0.25) is 0 Å². The Balaban J connectivity index is 2.77. The molecule has 98 valence electrons. The first-order valence-electron chi connectivity index (χ1n) is 5.78. The lowest BCUT2D eigenvalue weighted by atomic mass is 10.1. The number of nitrogens with one attached hydrogen (secondary N) is 1. The molecule has 1 rings (SSSR count). The number of hydrogen-bond donors (Lipinski definition) is 2.